The maximum atomic E-state index is 13.2. The summed E-state index contributed by atoms with van der Waals surface area (Å²) in [5, 5.41) is 0. The summed E-state index contributed by atoms with van der Waals surface area (Å²) in [5.74, 6) is 0.454. The van der Waals surface area contributed by atoms with Crippen molar-refractivity contribution in [3.63, 3.8) is 0 Å². The van der Waals surface area contributed by atoms with Gasteiger partial charge in [0.1, 0.15) is 17.3 Å². The van der Waals surface area contributed by atoms with Crippen LogP contribution in [0, 0.1) is 0 Å². The van der Waals surface area contributed by atoms with Gasteiger partial charge in [0.15, 0.2) is 5.78 Å². The SMILES string of the molecule is CCCCOc1ccc(C2=CC(OB(F)F)=C(C(C)=O)[C@H](c3ccccc3OC)C2)cc1. The van der Waals surface area contributed by atoms with Crippen LogP contribution in [0.3, 0.4) is 0 Å². The lowest BCUT2D eigenvalue weighted by molar-refractivity contribution is -0.114. The lowest BCUT2D eigenvalue weighted by atomic mass is 9.77. The van der Waals surface area contributed by atoms with Crippen LogP contribution in [0.1, 0.15) is 50.2 Å². The van der Waals surface area contributed by atoms with Crippen LogP contribution in [0.5, 0.6) is 11.5 Å². The van der Waals surface area contributed by atoms with Gasteiger partial charge in [-0.3, -0.25) is 4.79 Å². The molecule has 0 bridgehead atoms. The Labute approximate surface area is 188 Å². The molecule has 3 rings (SSSR count). The Kier molecular flexibility index (Phi) is 8.09. The van der Waals surface area contributed by atoms with Crippen molar-refractivity contribution in [3.8, 4) is 11.5 Å². The number of rotatable bonds is 10. The molecule has 0 saturated heterocycles. The molecule has 1 atom stereocenters. The second-order valence-electron chi connectivity index (χ2n) is 7.61. The number of carbonyl (C=O) groups is 1. The monoisotopic (exact) mass is 440 g/mol. The van der Waals surface area contributed by atoms with Crippen LogP contribution in [-0.4, -0.2) is 27.0 Å². The van der Waals surface area contributed by atoms with E-state index >= 15 is 0 Å². The molecular formula is C25H27BF2O4. The molecule has 0 aliphatic heterocycles. The van der Waals surface area contributed by atoms with Crippen LogP contribution >= 0.6 is 0 Å². The molecule has 4 nitrogen and oxygen atoms in total. The number of hydrogen-bond acceptors (Lipinski definition) is 4. The molecule has 0 fully saturated rings. The minimum atomic E-state index is -3.04. The van der Waals surface area contributed by atoms with Crippen LogP contribution in [0.4, 0.5) is 8.63 Å². The minimum Gasteiger partial charge on any atom is -0.505 e. The Morgan fingerprint density at radius 2 is 1.84 bits per heavy atom. The van der Waals surface area contributed by atoms with E-state index in [1.807, 2.05) is 42.5 Å². The Bertz CT molecular complexity index is 999. The van der Waals surface area contributed by atoms with E-state index < -0.39 is 13.4 Å². The molecule has 0 N–H and O–H groups in total. The summed E-state index contributed by atoms with van der Waals surface area (Å²) in [6.45, 7) is 4.11. The zero-order valence-electron chi connectivity index (χ0n) is 18.6. The summed E-state index contributed by atoms with van der Waals surface area (Å²) in [7, 11) is -1.49. The van der Waals surface area contributed by atoms with E-state index in [-0.39, 0.29) is 17.1 Å². The number of unbranched alkanes of at least 4 members (excludes halogenated alkanes) is 1. The van der Waals surface area contributed by atoms with Crippen LogP contribution in [-0.2, 0) is 9.45 Å². The molecule has 2 aromatic carbocycles. The first-order valence-electron chi connectivity index (χ1n) is 10.7. The van der Waals surface area contributed by atoms with E-state index in [4.69, 9.17) is 14.1 Å². The predicted molar refractivity (Wildman–Crippen MR) is 122 cm³/mol. The predicted octanol–water partition coefficient (Wildman–Crippen LogP) is 6.23. The first-order chi connectivity index (χ1) is 15.4. The summed E-state index contributed by atoms with van der Waals surface area (Å²) in [5.41, 5.74) is 2.62. The molecule has 1 aliphatic carbocycles. The summed E-state index contributed by atoms with van der Waals surface area (Å²) >= 11 is 0. The van der Waals surface area contributed by atoms with Crippen molar-refractivity contribution in [2.75, 3.05) is 13.7 Å². The number of ether oxygens (including phenoxy) is 2. The number of carbonyl (C=O) groups excluding carboxylic acids is 1. The third kappa shape index (κ3) is 5.58. The largest absolute Gasteiger partial charge is 0.796 e. The maximum absolute atomic E-state index is 13.2. The van der Waals surface area contributed by atoms with E-state index in [2.05, 4.69) is 6.92 Å². The van der Waals surface area contributed by atoms with Crippen LogP contribution in [0.25, 0.3) is 5.57 Å². The molecule has 1 aliphatic rings. The summed E-state index contributed by atoms with van der Waals surface area (Å²) < 4.78 is 42.5. The minimum absolute atomic E-state index is 0.104. The van der Waals surface area contributed by atoms with Crippen molar-refractivity contribution in [2.24, 2.45) is 0 Å². The first kappa shape index (κ1) is 23.6. The maximum Gasteiger partial charge on any atom is 0.796 e. The number of para-hydroxylation sites is 1. The lowest BCUT2D eigenvalue weighted by Gasteiger charge is -2.28. The van der Waals surface area contributed by atoms with Crippen molar-refractivity contribution in [3.05, 3.63) is 77.1 Å². The first-order valence-corrected chi connectivity index (χ1v) is 10.7. The standard InChI is InChI=1S/C25H27BF2O4/c1-4-5-14-31-20-12-10-18(11-13-20)19-15-22(21-8-6-7-9-23(21)30-3)25(17(2)29)24(16-19)32-26(27)28/h6-13,16,22H,4-5,14-15H2,1-3H3/t22-/m0/s1. The number of halogens is 2. The van der Waals surface area contributed by atoms with E-state index in [0.717, 1.165) is 35.3 Å². The molecule has 0 saturated carbocycles. The molecule has 2 aromatic rings. The van der Waals surface area contributed by atoms with Gasteiger partial charge in [0, 0.05) is 17.1 Å². The molecule has 0 spiro atoms. The molecule has 0 radical (unpaired) electrons. The third-order valence-electron chi connectivity index (χ3n) is 5.44. The average Bonchev–Trinajstić information content (AvgIpc) is 2.78. The molecule has 0 heterocycles. The van der Waals surface area contributed by atoms with Crippen molar-refractivity contribution in [2.45, 2.75) is 39.0 Å². The highest BCUT2D eigenvalue weighted by molar-refractivity contribution is 6.35. The van der Waals surface area contributed by atoms with Crippen molar-refractivity contribution in [1.29, 1.82) is 0 Å². The van der Waals surface area contributed by atoms with Gasteiger partial charge in [0.25, 0.3) is 0 Å². The molecule has 7 heteroatoms. The Morgan fingerprint density at radius 3 is 2.47 bits per heavy atom. The second-order valence-corrected chi connectivity index (χ2v) is 7.61. The van der Waals surface area contributed by atoms with E-state index in [1.165, 1.54) is 6.92 Å². The Balaban J connectivity index is 2.03. The lowest BCUT2D eigenvalue weighted by Crippen LogP contribution is -2.20. The van der Waals surface area contributed by atoms with Gasteiger partial charge in [-0.2, -0.15) is 0 Å². The Hall–Kier alpha value is -3.09. The highest BCUT2D eigenvalue weighted by Gasteiger charge is 2.33. The molecule has 0 unspecified atom stereocenters. The fourth-order valence-electron chi connectivity index (χ4n) is 3.92. The van der Waals surface area contributed by atoms with Gasteiger partial charge < -0.3 is 14.1 Å². The van der Waals surface area contributed by atoms with E-state index in [1.54, 1.807) is 19.3 Å². The number of ketones is 1. The van der Waals surface area contributed by atoms with Crippen molar-refractivity contribution < 1.29 is 27.6 Å². The number of Topliss-reactive ketones (excluding diaryl/α,β-unsaturated/α-hetero) is 1. The summed E-state index contributed by atoms with van der Waals surface area (Å²) in [4.78, 5) is 12.5. The van der Waals surface area contributed by atoms with E-state index in [0.29, 0.717) is 18.8 Å². The quantitative estimate of drug-likeness (QED) is 0.325. The van der Waals surface area contributed by atoms with E-state index in [9.17, 15) is 13.4 Å². The molecule has 32 heavy (non-hydrogen) atoms. The second kappa shape index (κ2) is 11.0. The van der Waals surface area contributed by atoms with Crippen molar-refractivity contribution in [1.82, 2.24) is 0 Å². The van der Waals surface area contributed by atoms with Crippen LogP contribution < -0.4 is 9.47 Å². The number of allylic oxidation sites excluding steroid dienone is 3. The van der Waals surface area contributed by atoms with Gasteiger partial charge in [-0.25, -0.2) is 8.63 Å². The van der Waals surface area contributed by atoms with Crippen LogP contribution in [0.2, 0.25) is 0 Å². The molecular weight excluding hydrogens is 413 g/mol. The number of methoxy groups -OCH3 is 1. The molecule has 168 valence electrons. The van der Waals surface area contributed by atoms with Gasteiger partial charge in [-0.15, -0.1) is 0 Å². The fourth-order valence-corrected chi connectivity index (χ4v) is 3.92. The summed E-state index contributed by atoms with van der Waals surface area (Å²) in [6.07, 6.45) is 4.01. The summed E-state index contributed by atoms with van der Waals surface area (Å²) in [6, 6.07) is 14.8. The Morgan fingerprint density at radius 1 is 1.12 bits per heavy atom. The zero-order chi connectivity index (χ0) is 23.1. The van der Waals surface area contributed by atoms with Gasteiger partial charge in [-0.1, -0.05) is 43.7 Å². The molecule has 0 aromatic heterocycles. The smallest absolute Gasteiger partial charge is 0.505 e. The van der Waals surface area contributed by atoms with Gasteiger partial charge in [0.05, 0.1) is 13.7 Å². The van der Waals surface area contributed by atoms with Gasteiger partial charge in [-0.05, 0) is 55.2 Å². The average molecular weight is 440 g/mol. The number of hydrogen-bond donors (Lipinski definition) is 0. The highest BCUT2D eigenvalue weighted by Crippen LogP contribution is 2.44. The zero-order valence-corrected chi connectivity index (χ0v) is 18.6. The highest BCUT2D eigenvalue weighted by atomic mass is 19.2. The number of benzene rings is 2. The van der Waals surface area contributed by atoms with Crippen molar-refractivity contribution >= 4 is 18.8 Å². The van der Waals surface area contributed by atoms with Gasteiger partial charge >= 0.3 is 7.47 Å². The van der Waals surface area contributed by atoms with Crippen LogP contribution in [0.15, 0.2) is 65.9 Å². The molecule has 0 amide bonds. The van der Waals surface area contributed by atoms with Gasteiger partial charge in [0.2, 0.25) is 0 Å². The topological polar surface area (TPSA) is 44.8 Å². The third-order valence-corrected chi connectivity index (χ3v) is 5.44. The normalized spacial score (nSPS) is 15.8. The fraction of sp³-hybridized carbons (Fsp3) is 0.320.